The first-order chi connectivity index (χ1) is 12.5. The van der Waals surface area contributed by atoms with E-state index >= 15 is 0 Å². The third-order valence-electron chi connectivity index (χ3n) is 3.76. The first kappa shape index (κ1) is 23.3. The lowest BCUT2D eigenvalue weighted by atomic mass is 10.1. The van der Waals surface area contributed by atoms with Gasteiger partial charge < -0.3 is 25.0 Å². The maximum atomic E-state index is 10.4. The molecule has 1 aromatic heterocycles. The fourth-order valence-electron chi connectivity index (χ4n) is 2.52. The minimum absolute atomic E-state index is 0. The molecule has 0 aliphatic heterocycles. The number of aryl methyl sites for hydroxylation is 1. The van der Waals surface area contributed by atoms with E-state index in [1.807, 2.05) is 75.1 Å². The van der Waals surface area contributed by atoms with Gasteiger partial charge in [-0.1, -0.05) is 12.1 Å². The van der Waals surface area contributed by atoms with Crippen LogP contribution in [0, 0.1) is 0 Å². The zero-order valence-electron chi connectivity index (χ0n) is 16.5. The molecule has 6 nitrogen and oxygen atoms in total. The van der Waals surface area contributed by atoms with Crippen LogP contribution in [0.25, 0.3) is 0 Å². The van der Waals surface area contributed by atoms with E-state index in [2.05, 4.69) is 15.6 Å². The monoisotopic (exact) mass is 486 g/mol. The van der Waals surface area contributed by atoms with Crippen molar-refractivity contribution in [1.29, 1.82) is 0 Å². The average Bonchev–Trinajstić information content (AvgIpc) is 3.02. The number of aliphatic imine (C=N–C) groups is 1. The zero-order valence-corrected chi connectivity index (χ0v) is 18.8. The molecule has 2 rings (SSSR count). The van der Waals surface area contributed by atoms with E-state index in [1.54, 1.807) is 0 Å². The molecule has 7 heteroatoms. The molecule has 0 aliphatic rings. The van der Waals surface area contributed by atoms with E-state index in [0.29, 0.717) is 19.0 Å². The van der Waals surface area contributed by atoms with Crippen LogP contribution in [0.4, 0.5) is 0 Å². The Morgan fingerprint density at radius 1 is 1.19 bits per heavy atom. The molecule has 1 heterocycles. The largest absolute Gasteiger partial charge is 0.491 e. The van der Waals surface area contributed by atoms with Crippen LogP contribution in [-0.2, 0) is 13.6 Å². The summed E-state index contributed by atoms with van der Waals surface area (Å²) in [6.45, 7) is 7.73. The molecular formula is C20H31IN4O2. The summed E-state index contributed by atoms with van der Waals surface area (Å²) in [6, 6.07) is 9.58. The number of halogens is 1. The number of benzene rings is 1. The summed E-state index contributed by atoms with van der Waals surface area (Å²) in [7, 11) is 1.99. The molecule has 27 heavy (non-hydrogen) atoms. The van der Waals surface area contributed by atoms with Crippen molar-refractivity contribution < 1.29 is 9.84 Å². The molecule has 3 N–H and O–H groups in total. The molecular weight excluding hydrogens is 455 g/mol. The molecule has 1 unspecified atom stereocenters. The molecule has 0 bridgehead atoms. The highest BCUT2D eigenvalue weighted by molar-refractivity contribution is 14.0. The summed E-state index contributed by atoms with van der Waals surface area (Å²) in [4.78, 5) is 4.56. The van der Waals surface area contributed by atoms with Gasteiger partial charge in [0.05, 0.1) is 18.8 Å². The maximum absolute atomic E-state index is 10.4. The zero-order chi connectivity index (χ0) is 18.9. The van der Waals surface area contributed by atoms with Gasteiger partial charge in [-0.05, 0) is 50.1 Å². The number of nitrogens with zero attached hydrogens (tertiary/aromatic N) is 2. The molecule has 0 amide bonds. The Hall–Kier alpha value is -1.74. The van der Waals surface area contributed by atoms with E-state index in [-0.39, 0.29) is 30.1 Å². The van der Waals surface area contributed by atoms with Crippen LogP contribution < -0.4 is 15.4 Å². The second-order valence-corrected chi connectivity index (χ2v) is 6.51. The average molecular weight is 486 g/mol. The molecule has 0 spiro atoms. The molecule has 1 atom stereocenters. The van der Waals surface area contributed by atoms with Gasteiger partial charge in [0.1, 0.15) is 5.75 Å². The Kier molecular flexibility index (Phi) is 10.2. The van der Waals surface area contributed by atoms with Crippen molar-refractivity contribution in [2.75, 3.05) is 13.1 Å². The van der Waals surface area contributed by atoms with E-state index < -0.39 is 6.10 Å². The lowest BCUT2D eigenvalue weighted by Crippen LogP contribution is -2.39. The molecule has 0 fully saturated rings. The Bertz CT molecular complexity index is 698. The van der Waals surface area contributed by atoms with Crippen molar-refractivity contribution >= 4 is 29.9 Å². The lowest BCUT2D eigenvalue weighted by Gasteiger charge is -2.16. The molecule has 0 saturated carbocycles. The number of aromatic nitrogens is 1. The Morgan fingerprint density at radius 3 is 2.44 bits per heavy atom. The van der Waals surface area contributed by atoms with Crippen LogP contribution >= 0.6 is 24.0 Å². The van der Waals surface area contributed by atoms with Crippen molar-refractivity contribution in [2.24, 2.45) is 12.0 Å². The number of nitrogens with one attached hydrogen (secondary N) is 2. The van der Waals surface area contributed by atoms with Crippen LogP contribution in [0.5, 0.6) is 5.75 Å². The van der Waals surface area contributed by atoms with Crippen molar-refractivity contribution in [3.05, 3.63) is 53.9 Å². The summed E-state index contributed by atoms with van der Waals surface area (Å²) in [6.07, 6.45) is 3.56. The summed E-state index contributed by atoms with van der Waals surface area (Å²) >= 11 is 0. The summed E-state index contributed by atoms with van der Waals surface area (Å²) in [5, 5.41) is 16.8. The van der Waals surface area contributed by atoms with Gasteiger partial charge in [-0.25, -0.2) is 4.99 Å². The molecule has 1 aromatic carbocycles. The number of ether oxygens (including phenoxy) is 1. The van der Waals surface area contributed by atoms with Gasteiger partial charge in [-0.2, -0.15) is 0 Å². The minimum atomic E-state index is -0.622. The Labute approximate surface area is 179 Å². The van der Waals surface area contributed by atoms with Crippen molar-refractivity contribution in [2.45, 2.75) is 39.5 Å². The van der Waals surface area contributed by atoms with Gasteiger partial charge in [-0.3, -0.25) is 0 Å². The quantitative estimate of drug-likeness (QED) is 0.305. The fraction of sp³-hybridized carbons (Fsp3) is 0.450. The van der Waals surface area contributed by atoms with E-state index in [9.17, 15) is 5.11 Å². The Morgan fingerprint density at radius 2 is 1.89 bits per heavy atom. The van der Waals surface area contributed by atoms with Crippen LogP contribution in [0.15, 0.2) is 47.7 Å². The number of hydrogen-bond acceptors (Lipinski definition) is 3. The lowest BCUT2D eigenvalue weighted by molar-refractivity contribution is 0.180. The highest BCUT2D eigenvalue weighted by Crippen LogP contribution is 2.18. The molecule has 0 aliphatic carbocycles. The first-order valence-electron chi connectivity index (χ1n) is 9.05. The van der Waals surface area contributed by atoms with Crippen LogP contribution in [0.2, 0.25) is 0 Å². The van der Waals surface area contributed by atoms with Crippen molar-refractivity contribution in [3.63, 3.8) is 0 Å². The number of aliphatic hydroxyl groups excluding tert-OH is 1. The predicted octanol–water partition coefficient (Wildman–Crippen LogP) is 3.22. The maximum Gasteiger partial charge on any atom is 0.191 e. The summed E-state index contributed by atoms with van der Waals surface area (Å²) in [5.41, 5.74) is 1.98. The topological polar surface area (TPSA) is 70.8 Å². The van der Waals surface area contributed by atoms with Gasteiger partial charge >= 0.3 is 0 Å². The van der Waals surface area contributed by atoms with Crippen LogP contribution in [-0.4, -0.2) is 34.8 Å². The highest BCUT2D eigenvalue weighted by atomic mass is 127. The normalized spacial score (nSPS) is 12.4. The summed E-state index contributed by atoms with van der Waals surface area (Å²) < 4.78 is 7.63. The van der Waals surface area contributed by atoms with Gasteiger partial charge in [0.2, 0.25) is 0 Å². The van der Waals surface area contributed by atoms with Crippen LogP contribution in [0.3, 0.4) is 0 Å². The summed E-state index contributed by atoms with van der Waals surface area (Å²) in [5.74, 6) is 1.50. The second kappa shape index (κ2) is 11.9. The van der Waals surface area contributed by atoms with Crippen molar-refractivity contribution in [3.8, 4) is 5.75 Å². The second-order valence-electron chi connectivity index (χ2n) is 6.51. The minimum Gasteiger partial charge on any atom is -0.491 e. The molecule has 150 valence electrons. The molecule has 0 radical (unpaired) electrons. The standard InChI is InChI=1S/C20H30N4O2.HI/c1-5-21-20(22-12-16-10-11-24(4)14-16)23-13-19(25)17-6-8-18(9-7-17)26-15(2)3;/h6-11,14-15,19,25H,5,12-13H2,1-4H3,(H2,21,22,23);1H. The third kappa shape index (κ3) is 8.21. The van der Waals surface area contributed by atoms with Gasteiger partial charge in [0.15, 0.2) is 5.96 Å². The van der Waals surface area contributed by atoms with Crippen LogP contribution in [0.1, 0.15) is 38.0 Å². The van der Waals surface area contributed by atoms with Gasteiger partial charge in [-0.15, -0.1) is 24.0 Å². The van der Waals surface area contributed by atoms with E-state index in [4.69, 9.17) is 4.74 Å². The smallest absolute Gasteiger partial charge is 0.191 e. The number of hydrogen-bond donors (Lipinski definition) is 3. The number of aliphatic hydroxyl groups is 1. The molecule has 2 aromatic rings. The van der Waals surface area contributed by atoms with Gasteiger partial charge in [0.25, 0.3) is 0 Å². The number of rotatable bonds is 8. The predicted molar refractivity (Wildman–Crippen MR) is 121 cm³/mol. The van der Waals surface area contributed by atoms with E-state index in [0.717, 1.165) is 23.4 Å². The Balaban J connectivity index is 0.00000364. The van der Waals surface area contributed by atoms with Crippen molar-refractivity contribution in [1.82, 2.24) is 15.2 Å². The number of guanidine groups is 1. The highest BCUT2D eigenvalue weighted by Gasteiger charge is 2.09. The first-order valence-corrected chi connectivity index (χ1v) is 9.05. The van der Waals surface area contributed by atoms with Gasteiger partial charge in [0, 0.05) is 32.5 Å². The van der Waals surface area contributed by atoms with E-state index in [1.165, 1.54) is 0 Å². The third-order valence-corrected chi connectivity index (χ3v) is 3.76. The molecule has 0 saturated heterocycles. The fourth-order valence-corrected chi connectivity index (χ4v) is 2.52. The SMILES string of the molecule is CCNC(=NCc1ccn(C)c1)NCC(O)c1ccc(OC(C)C)cc1.I.